The van der Waals surface area contributed by atoms with Gasteiger partial charge in [0.05, 0.1) is 9.75 Å². The maximum Gasteiger partial charge on any atom is 0.315 e. The molecule has 0 saturated carbocycles. The molecule has 0 saturated heterocycles. The predicted molar refractivity (Wildman–Crippen MR) is 112 cm³/mol. The number of hydrogen-bond acceptors (Lipinski definition) is 5. The highest BCUT2D eigenvalue weighted by molar-refractivity contribution is 9.09. The normalized spacial score (nSPS) is 11.5. The van der Waals surface area contributed by atoms with E-state index < -0.39 is 9.75 Å². The van der Waals surface area contributed by atoms with Gasteiger partial charge in [-0.15, -0.1) is 0 Å². The molecule has 0 aliphatic rings. The Balaban J connectivity index is 1.96. The van der Waals surface area contributed by atoms with Crippen LogP contribution in [0.5, 0.6) is 11.5 Å². The molecule has 1 unspecified atom stereocenters. The van der Waals surface area contributed by atoms with Crippen molar-refractivity contribution < 1.29 is 19.2 Å². The second-order valence-electron chi connectivity index (χ2n) is 6.21. The second kappa shape index (κ2) is 9.84. The number of nitrogens with zero attached hydrogens (tertiary/aromatic N) is 1. The van der Waals surface area contributed by atoms with Crippen LogP contribution in [0.15, 0.2) is 72.8 Å². The summed E-state index contributed by atoms with van der Waals surface area (Å²) in [6.07, 6.45) is 0.657. The number of rotatable bonds is 9. The molecule has 7 heteroatoms. The minimum atomic E-state index is -0.691. The molecule has 0 amide bonds. The zero-order chi connectivity index (χ0) is 20.6. The van der Waals surface area contributed by atoms with E-state index in [1.165, 1.54) is 6.07 Å². The van der Waals surface area contributed by atoms with E-state index in [1.54, 1.807) is 6.07 Å². The molecule has 29 heavy (non-hydrogen) atoms. The van der Waals surface area contributed by atoms with E-state index in [4.69, 9.17) is 9.47 Å². The fourth-order valence-corrected chi connectivity index (χ4v) is 2.96. The minimum absolute atomic E-state index is 0.0316. The number of ether oxygens (including phenoxy) is 2. The lowest BCUT2D eigenvalue weighted by Gasteiger charge is -2.15. The Bertz CT molecular complexity index is 979. The van der Waals surface area contributed by atoms with E-state index in [1.807, 2.05) is 60.7 Å². The molecular formula is C22H18BrNO5. The molecule has 6 nitrogen and oxygen atoms in total. The van der Waals surface area contributed by atoms with Crippen molar-refractivity contribution in [2.75, 3.05) is 0 Å². The fourth-order valence-electron chi connectivity index (χ4n) is 2.70. The summed E-state index contributed by atoms with van der Waals surface area (Å²) in [5.74, 6) is 0.240. The van der Waals surface area contributed by atoms with Gasteiger partial charge in [-0.2, -0.15) is 0 Å². The smallest absolute Gasteiger partial charge is 0.315 e. The van der Waals surface area contributed by atoms with Crippen LogP contribution in [0.2, 0.25) is 0 Å². The monoisotopic (exact) mass is 455 g/mol. The number of nitro groups is 1. The van der Waals surface area contributed by atoms with Crippen molar-refractivity contribution >= 4 is 27.9 Å². The van der Waals surface area contributed by atoms with Crippen LogP contribution < -0.4 is 9.47 Å². The molecule has 0 heterocycles. The molecule has 3 aromatic carbocycles. The summed E-state index contributed by atoms with van der Waals surface area (Å²) < 4.78 is 11.7. The van der Waals surface area contributed by atoms with Gasteiger partial charge in [0.15, 0.2) is 5.75 Å². The molecule has 0 fully saturated rings. The third-order valence-electron chi connectivity index (χ3n) is 4.16. The first-order valence-corrected chi connectivity index (χ1v) is 9.75. The van der Waals surface area contributed by atoms with Crippen LogP contribution in [0.4, 0.5) is 5.69 Å². The average Bonchev–Trinajstić information content (AvgIpc) is 2.76. The predicted octanol–water partition coefficient (Wildman–Crippen LogP) is 5.39. The number of alkyl halides is 1. The Morgan fingerprint density at radius 2 is 1.48 bits per heavy atom. The summed E-state index contributed by atoms with van der Waals surface area (Å²) >= 11 is 3.21. The van der Waals surface area contributed by atoms with Crippen molar-refractivity contribution in [1.29, 1.82) is 0 Å². The largest absolute Gasteiger partial charge is 0.485 e. The van der Waals surface area contributed by atoms with Crippen LogP contribution in [0, 0.1) is 10.1 Å². The third-order valence-corrected chi connectivity index (χ3v) is 4.90. The first kappa shape index (κ1) is 20.5. The van der Waals surface area contributed by atoms with Gasteiger partial charge < -0.3 is 14.3 Å². The Labute approximate surface area is 176 Å². The molecule has 0 bridgehead atoms. The molecule has 1 atom stereocenters. The average molecular weight is 456 g/mol. The second-order valence-corrected chi connectivity index (χ2v) is 7.20. The number of hydrogen-bond donors (Lipinski definition) is 0. The first-order chi connectivity index (χ1) is 14.1. The van der Waals surface area contributed by atoms with Gasteiger partial charge in [0.1, 0.15) is 19.5 Å². The summed E-state index contributed by atoms with van der Waals surface area (Å²) in [4.78, 5) is 21.6. The van der Waals surface area contributed by atoms with Gasteiger partial charge in [-0.1, -0.05) is 76.6 Å². The molecule has 0 aliphatic carbocycles. The van der Waals surface area contributed by atoms with Gasteiger partial charge >= 0.3 is 5.69 Å². The zero-order valence-electron chi connectivity index (χ0n) is 15.4. The van der Waals surface area contributed by atoms with Crippen molar-refractivity contribution in [1.82, 2.24) is 0 Å². The summed E-state index contributed by atoms with van der Waals surface area (Å²) in [7, 11) is 0. The number of halogens is 1. The lowest BCUT2D eigenvalue weighted by atomic mass is 10.1. The quantitative estimate of drug-likeness (QED) is 0.187. The summed E-state index contributed by atoms with van der Waals surface area (Å²) in [6, 6.07) is 21.7. The van der Waals surface area contributed by atoms with E-state index in [-0.39, 0.29) is 30.4 Å². The summed E-state index contributed by atoms with van der Waals surface area (Å²) in [5, 5.41) is 11.7. The molecule has 0 N–H and O–H groups in total. The van der Waals surface area contributed by atoms with Crippen LogP contribution in [0.3, 0.4) is 0 Å². The molecule has 0 aliphatic heterocycles. The molecule has 0 aromatic heterocycles. The summed E-state index contributed by atoms with van der Waals surface area (Å²) in [6.45, 7) is 0.353. The SMILES string of the molecule is O=CC(Br)c1cc(OCc2ccccc2)c(OCc2ccccc2)c([N+](=O)[O-])c1. The lowest BCUT2D eigenvalue weighted by Crippen LogP contribution is -2.05. The van der Waals surface area contributed by atoms with Gasteiger partial charge in [0, 0.05) is 6.07 Å². The fraction of sp³-hybridized carbons (Fsp3) is 0.136. The maximum atomic E-state index is 11.7. The van der Waals surface area contributed by atoms with Crippen LogP contribution in [0.1, 0.15) is 21.5 Å². The molecule has 0 radical (unpaired) electrons. The van der Waals surface area contributed by atoms with Crippen molar-refractivity contribution in [2.24, 2.45) is 0 Å². The number of nitro benzene ring substituents is 1. The molecule has 0 spiro atoms. The number of benzene rings is 3. The van der Waals surface area contributed by atoms with E-state index in [9.17, 15) is 14.9 Å². The van der Waals surface area contributed by atoms with E-state index in [0.717, 1.165) is 11.1 Å². The topological polar surface area (TPSA) is 78.7 Å². The van der Waals surface area contributed by atoms with Gasteiger partial charge in [0.25, 0.3) is 0 Å². The minimum Gasteiger partial charge on any atom is -0.485 e. The maximum absolute atomic E-state index is 11.7. The Morgan fingerprint density at radius 3 is 2.00 bits per heavy atom. The summed E-state index contributed by atoms with van der Waals surface area (Å²) in [5.41, 5.74) is 1.93. The molecule has 3 aromatic rings. The van der Waals surface area contributed by atoms with E-state index >= 15 is 0 Å². The van der Waals surface area contributed by atoms with Crippen molar-refractivity contribution in [3.63, 3.8) is 0 Å². The number of carbonyl (C=O) groups excluding carboxylic acids is 1. The van der Waals surface area contributed by atoms with Crippen molar-refractivity contribution in [2.45, 2.75) is 18.0 Å². The molecular weight excluding hydrogens is 438 g/mol. The van der Waals surface area contributed by atoms with Gasteiger partial charge in [-0.3, -0.25) is 10.1 Å². The first-order valence-electron chi connectivity index (χ1n) is 8.83. The highest BCUT2D eigenvalue weighted by Gasteiger charge is 2.25. The lowest BCUT2D eigenvalue weighted by molar-refractivity contribution is -0.386. The van der Waals surface area contributed by atoms with E-state index in [2.05, 4.69) is 15.9 Å². The molecule has 148 valence electrons. The zero-order valence-corrected chi connectivity index (χ0v) is 16.9. The highest BCUT2D eigenvalue weighted by Crippen LogP contribution is 2.41. The Kier molecular flexibility index (Phi) is 6.97. The van der Waals surface area contributed by atoms with Crippen LogP contribution >= 0.6 is 15.9 Å². The Hall–Kier alpha value is -3.19. The number of carbonyl (C=O) groups is 1. The van der Waals surface area contributed by atoms with Gasteiger partial charge in [-0.05, 0) is 22.8 Å². The van der Waals surface area contributed by atoms with Crippen LogP contribution in [-0.2, 0) is 18.0 Å². The van der Waals surface area contributed by atoms with Crippen molar-refractivity contribution in [3.05, 3.63) is 99.6 Å². The van der Waals surface area contributed by atoms with Gasteiger partial charge in [-0.25, -0.2) is 0 Å². The standard InChI is InChI=1S/C22H18BrNO5/c23-19(13-25)18-11-20(24(26)27)22(29-15-17-9-5-2-6-10-17)21(12-18)28-14-16-7-3-1-4-8-16/h1-13,19H,14-15H2. The molecule has 3 rings (SSSR count). The highest BCUT2D eigenvalue weighted by atomic mass is 79.9. The number of aldehydes is 1. The Morgan fingerprint density at radius 1 is 0.931 bits per heavy atom. The van der Waals surface area contributed by atoms with Crippen LogP contribution in [-0.4, -0.2) is 11.2 Å². The third kappa shape index (κ3) is 5.42. The van der Waals surface area contributed by atoms with Crippen LogP contribution in [0.25, 0.3) is 0 Å². The van der Waals surface area contributed by atoms with Crippen molar-refractivity contribution in [3.8, 4) is 11.5 Å². The van der Waals surface area contributed by atoms with Gasteiger partial charge in [0.2, 0.25) is 5.75 Å². The van der Waals surface area contributed by atoms with E-state index in [0.29, 0.717) is 11.8 Å².